The molecule has 4 bridgehead atoms. The topological polar surface area (TPSA) is 183 Å². The van der Waals surface area contributed by atoms with Gasteiger partial charge in [0, 0.05) is 37.9 Å². The van der Waals surface area contributed by atoms with Crippen molar-refractivity contribution in [3.05, 3.63) is 82.9 Å². The van der Waals surface area contributed by atoms with Gasteiger partial charge in [0.1, 0.15) is 29.4 Å². The van der Waals surface area contributed by atoms with E-state index >= 15 is 8.78 Å². The Labute approximate surface area is 424 Å². The molecule has 6 fully saturated rings. The molecule has 4 N–H and O–H groups in total. The standard InChI is InChI=1S/C55H68F2N10O6/c1-28(2)45(62-54(70)73-6)52(68)66-34-14-10-32(22-34)47(66)50-58-39-16-12-30(24-41(39)60-50)43-18-19-44(65(43)36-26-37(56)49(38(57)27-36)64-20-8-7-9-21-64)31-13-17-40-42(25-31)61-51(59-40)48-33-11-15-35(23-33)67(48)53(69)46(29(3)4)63(5)55(71)72/h12-13,16-17,24-29,32-35,43-48H,7-11,14-15,18-23H2,1-6H3,(H,58,60)(H,59,61)(H,62,70)(H,71,72)/t32?,33?,34?,35?,43-,44-,45+,46+,47+,48+/m1/s1. The number of hydrogen-bond donors (Lipinski definition) is 4. The van der Waals surface area contributed by atoms with Crippen LogP contribution in [-0.2, 0) is 14.3 Å². The number of hydrogen-bond acceptors (Lipinski definition) is 9. The van der Waals surface area contributed by atoms with Crippen LogP contribution in [0.15, 0.2) is 48.5 Å². The predicted molar refractivity (Wildman–Crippen MR) is 272 cm³/mol. The zero-order valence-electron chi connectivity index (χ0n) is 42.6. The number of likely N-dealkylation sites (tertiary alicyclic amines) is 2. The van der Waals surface area contributed by atoms with E-state index in [0.717, 1.165) is 95.9 Å². The Bertz CT molecular complexity index is 2930. The Morgan fingerprint density at radius 3 is 1.73 bits per heavy atom. The van der Waals surface area contributed by atoms with E-state index in [4.69, 9.17) is 14.7 Å². The van der Waals surface area contributed by atoms with E-state index in [0.29, 0.717) is 43.3 Å². The average Bonchev–Trinajstić information content (AvgIpc) is 4.25. The monoisotopic (exact) mass is 1000 g/mol. The van der Waals surface area contributed by atoms with Gasteiger partial charge < -0.3 is 44.7 Å². The second-order valence-electron chi connectivity index (χ2n) is 22.4. The van der Waals surface area contributed by atoms with Crippen LogP contribution in [-0.4, -0.2) is 115 Å². The average molecular weight is 1000 g/mol. The van der Waals surface area contributed by atoms with Gasteiger partial charge in [0.2, 0.25) is 11.8 Å². The summed E-state index contributed by atoms with van der Waals surface area (Å²) >= 11 is 0. The molecule has 4 amide bonds. The summed E-state index contributed by atoms with van der Waals surface area (Å²) in [4.78, 5) is 79.5. The molecule has 2 aromatic heterocycles. The molecule has 0 spiro atoms. The molecule has 16 nitrogen and oxygen atoms in total. The number of fused-ring (bicyclic) bond motifs is 6. The molecular formula is C55H68F2N10O6. The van der Waals surface area contributed by atoms with Crippen molar-refractivity contribution in [2.24, 2.45) is 23.7 Å². The van der Waals surface area contributed by atoms with Gasteiger partial charge in [0.25, 0.3) is 0 Å². The van der Waals surface area contributed by atoms with Crippen molar-refractivity contribution in [3.63, 3.8) is 0 Å². The molecule has 18 heteroatoms. The number of alkyl carbamates (subject to hydrolysis) is 1. The lowest BCUT2D eigenvalue weighted by Gasteiger charge is -2.39. The molecule has 5 aromatic rings. The maximum absolute atomic E-state index is 16.5. The molecule has 4 aliphatic heterocycles. The third-order valence-corrected chi connectivity index (χ3v) is 17.4. The minimum absolute atomic E-state index is 0.00407. The van der Waals surface area contributed by atoms with Gasteiger partial charge >= 0.3 is 12.2 Å². The van der Waals surface area contributed by atoms with Gasteiger partial charge in [-0.3, -0.25) is 14.5 Å². The number of carbonyl (C=O) groups is 4. The first-order valence-corrected chi connectivity index (χ1v) is 26.6. The molecule has 0 radical (unpaired) electrons. The molecule has 6 aliphatic rings. The first kappa shape index (κ1) is 48.8. The Hall–Kier alpha value is -6.46. The molecule has 2 aliphatic carbocycles. The van der Waals surface area contributed by atoms with E-state index in [-0.39, 0.29) is 77.4 Å². The van der Waals surface area contributed by atoms with Gasteiger partial charge in [0.15, 0.2) is 11.6 Å². The van der Waals surface area contributed by atoms with Crippen LogP contribution >= 0.6 is 0 Å². The number of methoxy groups -OCH3 is 1. The highest BCUT2D eigenvalue weighted by atomic mass is 19.1. The zero-order chi connectivity index (χ0) is 51.1. The number of piperidine rings is 3. The molecule has 4 unspecified atom stereocenters. The van der Waals surface area contributed by atoms with Crippen LogP contribution in [0.5, 0.6) is 0 Å². The minimum Gasteiger partial charge on any atom is -0.465 e. The molecule has 388 valence electrons. The van der Waals surface area contributed by atoms with Gasteiger partial charge in [-0.05, 0) is 142 Å². The summed E-state index contributed by atoms with van der Waals surface area (Å²) in [6.07, 6.45) is 7.73. The van der Waals surface area contributed by atoms with Crippen LogP contribution in [0, 0.1) is 35.3 Å². The van der Waals surface area contributed by atoms with E-state index in [1.807, 2.05) is 66.7 Å². The van der Waals surface area contributed by atoms with Crippen molar-refractivity contribution in [2.45, 2.75) is 147 Å². The Balaban J connectivity index is 0.932. The van der Waals surface area contributed by atoms with Crippen molar-refractivity contribution in [1.29, 1.82) is 0 Å². The number of H-pyrrole nitrogens is 2. The fourth-order valence-corrected chi connectivity index (χ4v) is 14.1. The fraction of sp³-hybridized carbons (Fsp3) is 0.564. The highest BCUT2D eigenvalue weighted by Crippen LogP contribution is 2.53. The molecule has 3 aromatic carbocycles. The number of likely N-dealkylation sites (N-methyl/N-ethyl adjacent to an activating group) is 1. The quantitative estimate of drug-likeness (QED) is 0.0939. The van der Waals surface area contributed by atoms with Crippen molar-refractivity contribution in [1.82, 2.24) is 40.0 Å². The first-order valence-electron chi connectivity index (χ1n) is 26.6. The molecule has 11 rings (SSSR count). The van der Waals surface area contributed by atoms with Crippen molar-refractivity contribution < 1.29 is 37.8 Å². The maximum Gasteiger partial charge on any atom is 0.407 e. The number of anilines is 2. The SMILES string of the molecule is COC(=O)N[C@H](C(=O)N1C2CCC(C2)[C@H]1c1nc2ccc([C@H]3CC[C@H](c4ccc5nc([C@@H]6C7CCC(C7)N6C(=O)[C@H](C(C)C)N(C)C(=O)O)[nH]c5c4)N3c3cc(F)c(N4CCCCC4)c(F)c3)cc2[nH]1)C(C)C. The third-order valence-electron chi connectivity index (χ3n) is 17.4. The van der Waals surface area contributed by atoms with Crippen molar-refractivity contribution in [3.8, 4) is 0 Å². The molecule has 6 heterocycles. The normalized spacial score (nSPS) is 26.5. The second kappa shape index (κ2) is 19.1. The Kier molecular flexibility index (Phi) is 12.8. The lowest BCUT2D eigenvalue weighted by Crippen LogP contribution is -2.54. The number of aromatic nitrogens is 4. The number of carboxylic acid groups (broad SMARTS) is 1. The summed E-state index contributed by atoms with van der Waals surface area (Å²) in [7, 11) is 2.75. The lowest BCUT2D eigenvalue weighted by molar-refractivity contribution is -0.142. The van der Waals surface area contributed by atoms with E-state index in [9.17, 15) is 24.3 Å². The number of amides is 4. The summed E-state index contributed by atoms with van der Waals surface area (Å²) in [6.45, 7) is 8.77. The summed E-state index contributed by atoms with van der Waals surface area (Å²) < 4.78 is 38.0. The third kappa shape index (κ3) is 8.49. The number of nitrogens with one attached hydrogen (secondary N) is 3. The summed E-state index contributed by atoms with van der Waals surface area (Å²) in [5.41, 5.74) is 5.42. The fourth-order valence-electron chi connectivity index (χ4n) is 14.1. The Morgan fingerprint density at radius 2 is 1.25 bits per heavy atom. The number of aromatic amines is 2. The van der Waals surface area contributed by atoms with Crippen molar-refractivity contribution in [2.75, 3.05) is 37.0 Å². The summed E-state index contributed by atoms with van der Waals surface area (Å²) in [6, 6.07) is 12.5. The van der Waals surface area contributed by atoms with Crippen LogP contribution < -0.4 is 15.1 Å². The van der Waals surface area contributed by atoms with Crippen LogP contribution in [0.2, 0.25) is 0 Å². The lowest BCUT2D eigenvalue weighted by atomic mass is 9.95. The van der Waals surface area contributed by atoms with Crippen molar-refractivity contribution >= 4 is 57.4 Å². The Morgan fingerprint density at radius 1 is 0.726 bits per heavy atom. The van der Waals surface area contributed by atoms with Gasteiger partial charge in [-0.25, -0.2) is 28.3 Å². The molecular weight excluding hydrogens is 935 g/mol. The van der Waals surface area contributed by atoms with Crippen LogP contribution in [0.4, 0.5) is 29.7 Å². The van der Waals surface area contributed by atoms with E-state index in [2.05, 4.69) is 32.3 Å². The van der Waals surface area contributed by atoms with E-state index in [1.54, 1.807) is 0 Å². The number of halogens is 2. The van der Waals surface area contributed by atoms with Gasteiger partial charge in [0.05, 0.1) is 53.3 Å². The zero-order valence-corrected chi connectivity index (χ0v) is 42.6. The largest absolute Gasteiger partial charge is 0.465 e. The van der Waals surface area contributed by atoms with Crippen LogP contribution in [0.1, 0.15) is 145 Å². The number of nitrogens with zero attached hydrogens (tertiary/aromatic N) is 7. The highest BCUT2D eigenvalue weighted by Gasteiger charge is 2.53. The smallest absolute Gasteiger partial charge is 0.407 e. The molecule has 73 heavy (non-hydrogen) atoms. The van der Waals surface area contributed by atoms with Crippen LogP contribution in [0.25, 0.3) is 22.1 Å². The number of rotatable bonds is 12. The van der Waals surface area contributed by atoms with Gasteiger partial charge in [-0.15, -0.1) is 0 Å². The first-order chi connectivity index (χ1) is 35.1. The predicted octanol–water partition coefficient (Wildman–Crippen LogP) is 9.91. The highest BCUT2D eigenvalue weighted by molar-refractivity contribution is 5.88. The van der Waals surface area contributed by atoms with E-state index in [1.165, 1.54) is 26.3 Å². The molecule has 4 saturated heterocycles. The number of imidazole rings is 2. The maximum atomic E-state index is 16.5. The van der Waals surface area contributed by atoms with E-state index < -0.39 is 35.9 Å². The number of carbonyl (C=O) groups excluding carboxylic acids is 3. The van der Waals surface area contributed by atoms with Crippen LogP contribution in [0.3, 0.4) is 0 Å². The van der Waals surface area contributed by atoms with Gasteiger partial charge in [-0.2, -0.15) is 0 Å². The minimum atomic E-state index is -1.15. The molecule has 10 atom stereocenters. The number of benzene rings is 3. The number of ether oxygens (including phenoxy) is 1. The molecule has 2 saturated carbocycles. The van der Waals surface area contributed by atoms with Gasteiger partial charge in [-0.1, -0.05) is 39.8 Å². The summed E-state index contributed by atoms with van der Waals surface area (Å²) in [5, 5.41) is 12.7. The second-order valence-corrected chi connectivity index (χ2v) is 22.4. The summed E-state index contributed by atoms with van der Waals surface area (Å²) in [5.74, 6) is -0.154.